The minimum absolute atomic E-state index is 0.656. The summed E-state index contributed by atoms with van der Waals surface area (Å²) in [6.07, 6.45) is 5.09. The Bertz CT molecular complexity index is 449. The molecule has 2 atom stereocenters. The third-order valence-corrected chi connectivity index (χ3v) is 4.95. The Morgan fingerprint density at radius 3 is 2.75 bits per heavy atom. The molecule has 1 aliphatic heterocycles. The van der Waals surface area contributed by atoms with Crippen molar-refractivity contribution in [2.24, 2.45) is 13.0 Å². The van der Waals surface area contributed by atoms with Crippen molar-refractivity contribution in [1.29, 1.82) is 0 Å². The number of nitrogens with zero attached hydrogens (tertiary/aromatic N) is 3. The van der Waals surface area contributed by atoms with Gasteiger partial charge in [-0.1, -0.05) is 13.8 Å². The molecule has 0 amide bonds. The van der Waals surface area contributed by atoms with Gasteiger partial charge in [-0.05, 0) is 37.7 Å². The van der Waals surface area contributed by atoms with Crippen molar-refractivity contribution in [1.82, 2.24) is 20.0 Å². The molecule has 1 saturated heterocycles. The van der Waals surface area contributed by atoms with E-state index in [9.17, 15) is 0 Å². The maximum atomic E-state index is 4.59. The summed E-state index contributed by atoms with van der Waals surface area (Å²) in [5.41, 5.74) is 2.58. The second kappa shape index (κ2) is 5.86. The van der Waals surface area contributed by atoms with Gasteiger partial charge in [-0.3, -0.25) is 9.58 Å². The molecule has 1 aromatic rings. The smallest absolute Gasteiger partial charge is 0.0625 e. The van der Waals surface area contributed by atoms with Gasteiger partial charge in [0.25, 0.3) is 0 Å². The van der Waals surface area contributed by atoms with E-state index in [1.54, 1.807) is 0 Å². The number of hydrogen-bond acceptors (Lipinski definition) is 3. The van der Waals surface area contributed by atoms with Crippen LogP contribution in [0.2, 0.25) is 0 Å². The molecule has 0 spiro atoms. The van der Waals surface area contributed by atoms with Crippen molar-refractivity contribution in [2.75, 3.05) is 13.1 Å². The molecular formula is C16H28N4. The van der Waals surface area contributed by atoms with Crippen LogP contribution in [0.3, 0.4) is 0 Å². The average Bonchev–Trinajstić information content (AvgIpc) is 3.24. The fourth-order valence-electron chi connectivity index (χ4n) is 3.40. The highest BCUT2D eigenvalue weighted by Crippen LogP contribution is 2.36. The van der Waals surface area contributed by atoms with Gasteiger partial charge in [0.15, 0.2) is 0 Å². The molecular weight excluding hydrogens is 248 g/mol. The second-order valence-corrected chi connectivity index (χ2v) is 6.45. The fraction of sp³-hybridized carbons (Fsp3) is 0.812. The first-order valence-corrected chi connectivity index (χ1v) is 8.20. The summed E-state index contributed by atoms with van der Waals surface area (Å²) in [6.45, 7) is 7.87. The van der Waals surface area contributed by atoms with E-state index in [4.69, 9.17) is 0 Å². The lowest BCUT2D eigenvalue weighted by molar-refractivity contribution is 0.103. The first-order chi connectivity index (χ1) is 9.71. The van der Waals surface area contributed by atoms with E-state index in [0.29, 0.717) is 6.04 Å². The third kappa shape index (κ3) is 2.91. The van der Waals surface area contributed by atoms with Crippen LogP contribution in [0.5, 0.6) is 0 Å². The SMILES string of the molecule is CCc1cc(CN2CC(CC)NCC2C2CC2)n(C)n1. The molecule has 2 heterocycles. The van der Waals surface area contributed by atoms with Gasteiger partial charge in [-0.2, -0.15) is 5.10 Å². The minimum Gasteiger partial charge on any atom is -0.311 e. The average molecular weight is 276 g/mol. The van der Waals surface area contributed by atoms with Crippen molar-refractivity contribution >= 4 is 0 Å². The topological polar surface area (TPSA) is 33.1 Å². The highest BCUT2D eigenvalue weighted by atomic mass is 15.3. The lowest BCUT2D eigenvalue weighted by Crippen LogP contribution is -2.56. The van der Waals surface area contributed by atoms with Gasteiger partial charge in [0, 0.05) is 38.8 Å². The van der Waals surface area contributed by atoms with Crippen LogP contribution in [0.1, 0.15) is 44.5 Å². The maximum absolute atomic E-state index is 4.59. The van der Waals surface area contributed by atoms with Crippen LogP contribution in [0.25, 0.3) is 0 Å². The van der Waals surface area contributed by atoms with Crippen molar-refractivity contribution in [3.63, 3.8) is 0 Å². The van der Waals surface area contributed by atoms with Crippen LogP contribution >= 0.6 is 0 Å². The van der Waals surface area contributed by atoms with Gasteiger partial charge in [0.05, 0.1) is 11.4 Å². The summed E-state index contributed by atoms with van der Waals surface area (Å²) in [7, 11) is 2.08. The summed E-state index contributed by atoms with van der Waals surface area (Å²) in [4.78, 5) is 2.71. The Balaban J connectivity index is 1.72. The normalized spacial score (nSPS) is 27.9. The quantitative estimate of drug-likeness (QED) is 0.892. The monoisotopic (exact) mass is 276 g/mol. The molecule has 1 saturated carbocycles. The van der Waals surface area contributed by atoms with E-state index in [1.807, 2.05) is 0 Å². The Morgan fingerprint density at radius 2 is 2.15 bits per heavy atom. The summed E-state index contributed by atoms with van der Waals surface area (Å²) >= 11 is 0. The van der Waals surface area contributed by atoms with E-state index in [1.165, 1.54) is 43.7 Å². The molecule has 4 heteroatoms. The number of aryl methyl sites for hydroxylation is 2. The van der Waals surface area contributed by atoms with Crippen LogP contribution in [0.4, 0.5) is 0 Å². The van der Waals surface area contributed by atoms with E-state index in [-0.39, 0.29) is 0 Å². The zero-order valence-electron chi connectivity index (χ0n) is 13.1. The van der Waals surface area contributed by atoms with Gasteiger partial charge < -0.3 is 5.32 Å². The third-order valence-electron chi connectivity index (χ3n) is 4.95. The lowest BCUT2D eigenvalue weighted by Gasteiger charge is -2.40. The maximum Gasteiger partial charge on any atom is 0.0625 e. The van der Waals surface area contributed by atoms with Crippen molar-refractivity contribution in [3.05, 3.63) is 17.5 Å². The van der Waals surface area contributed by atoms with Gasteiger partial charge >= 0.3 is 0 Å². The second-order valence-electron chi connectivity index (χ2n) is 6.45. The zero-order valence-corrected chi connectivity index (χ0v) is 13.1. The highest BCUT2D eigenvalue weighted by molar-refractivity contribution is 5.11. The molecule has 0 radical (unpaired) electrons. The highest BCUT2D eigenvalue weighted by Gasteiger charge is 2.38. The number of hydrogen-bond donors (Lipinski definition) is 1. The molecule has 3 rings (SSSR count). The largest absolute Gasteiger partial charge is 0.311 e. The van der Waals surface area contributed by atoms with E-state index in [0.717, 1.165) is 24.9 Å². The molecule has 2 unspecified atom stereocenters. The van der Waals surface area contributed by atoms with Gasteiger partial charge in [-0.25, -0.2) is 0 Å². The van der Waals surface area contributed by atoms with E-state index < -0.39 is 0 Å². The summed E-state index contributed by atoms with van der Waals surface area (Å²) in [5, 5.41) is 8.32. The Hall–Kier alpha value is -0.870. The fourth-order valence-corrected chi connectivity index (χ4v) is 3.40. The first-order valence-electron chi connectivity index (χ1n) is 8.20. The standard InChI is InChI=1S/C16H28N4/c1-4-13-8-15(19(3)18-13)11-20-10-14(5-2)17-9-16(20)12-6-7-12/h8,12,14,16-17H,4-7,9-11H2,1-3H3. The zero-order chi connectivity index (χ0) is 14.1. The summed E-state index contributed by atoms with van der Waals surface area (Å²) in [5.74, 6) is 0.930. The number of rotatable bonds is 5. The Morgan fingerprint density at radius 1 is 1.35 bits per heavy atom. The lowest BCUT2D eigenvalue weighted by atomic mass is 10.0. The van der Waals surface area contributed by atoms with Gasteiger partial charge in [-0.15, -0.1) is 0 Å². The Labute approximate surface area is 122 Å². The molecule has 2 aliphatic rings. The van der Waals surface area contributed by atoms with Crippen LogP contribution in [0, 0.1) is 5.92 Å². The summed E-state index contributed by atoms with van der Waals surface area (Å²) < 4.78 is 2.08. The molecule has 1 N–H and O–H groups in total. The van der Waals surface area contributed by atoms with E-state index in [2.05, 4.69) is 47.0 Å². The molecule has 4 nitrogen and oxygen atoms in total. The van der Waals surface area contributed by atoms with Crippen LogP contribution < -0.4 is 5.32 Å². The molecule has 0 bridgehead atoms. The van der Waals surface area contributed by atoms with Crippen molar-refractivity contribution < 1.29 is 0 Å². The molecule has 1 aliphatic carbocycles. The predicted molar refractivity (Wildman–Crippen MR) is 81.6 cm³/mol. The summed E-state index contributed by atoms with van der Waals surface area (Å²) in [6, 6.07) is 3.68. The van der Waals surface area contributed by atoms with Gasteiger partial charge in [0.1, 0.15) is 0 Å². The van der Waals surface area contributed by atoms with E-state index >= 15 is 0 Å². The van der Waals surface area contributed by atoms with Gasteiger partial charge in [0.2, 0.25) is 0 Å². The number of piperazine rings is 1. The van der Waals surface area contributed by atoms with Crippen molar-refractivity contribution in [3.8, 4) is 0 Å². The molecule has 2 fully saturated rings. The predicted octanol–water partition coefficient (Wildman–Crippen LogP) is 1.94. The van der Waals surface area contributed by atoms with Crippen LogP contribution in [0.15, 0.2) is 6.07 Å². The van der Waals surface area contributed by atoms with Crippen LogP contribution in [-0.2, 0) is 20.0 Å². The molecule has 20 heavy (non-hydrogen) atoms. The molecule has 1 aromatic heterocycles. The first kappa shape index (κ1) is 14.1. The number of aromatic nitrogens is 2. The van der Waals surface area contributed by atoms with Crippen LogP contribution in [-0.4, -0.2) is 39.9 Å². The minimum atomic E-state index is 0.656. The molecule has 0 aromatic carbocycles. The molecule has 112 valence electrons. The Kier molecular flexibility index (Phi) is 4.13. The van der Waals surface area contributed by atoms with Crippen molar-refractivity contribution in [2.45, 2.75) is 58.2 Å². The number of nitrogens with one attached hydrogen (secondary N) is 1.